The van der Waals surface area contributed by atoms with Crippen LogP contribution in [0.1, 0.15) is 52.0 Å². The summed E-state index contributed by atoms with van der Waals surface area (Å²) in [6.07, 6.45) is 1.11. The van der Waals surface area contributed by atoms with E-state index in [1.807, 2.05) is 6.92 Å². The van der Waals surface area contributed by atoms with Crippen molar-refractivity contribution in [3.05, 3.63) is 45.3 Å². The van der Waals surface area contributed by atoms with Crippen LogP contribution in [0.25, 0.3) is 0 Å². The third-order valence-electron chi connectivity index (χ3n) is 5.54. The molecule has 0 saturated heterocycles. The first-order valence-electron chi connectivity index (χ1n) is 9.72. The number of rotatable bonds is 3. The Kier molecular flexibility index (Phi) is 4.85. The second-order valence-electron chi connectivity index (χ2n) is 8.38. The van der Waals surface area contributed by atoms with E-state index >= 15 is 0 Å². The largest absolute Gasteiger partial charge is 0.463 e. The number of Topliss-reactive ketones (excluding diaryl/α,β-unsaturated/α-hetero) is 1. The molecule has 1 atom stereocenters. The molecule has 29 heavy (non-hydrogen) atoms. The summed E-state index contributed by atoms with van der Waals surface area (Å²) < 4.78 is 16.3. The first kappa shape index (κ1) is 19.8. The minimum atomic E-state index is -0.615. The van der Waals surface area contributed by atoms with Crippen LogP contribution >= 0.6 is 11.6 Å². The number of ether oxygens (including phenoxy) is 3. The number of halogens is 1. The standard InChI is InChI=1S/C22H24ClNO5/c1-5-27-21(26)18-11(2)24-14-8-22(3,4)9-15(25)20(14)19(18)12-6-16-17(7-13(12)23)29-10-28-16/h6-7,19,24H,5,8-10H2,1-4H3/t19-/m1/s1. The summed E-state index contributed by atoms with van der Waals surface area (Å²) in [6.45, 7) is 8.07. The van der Waals surface area contributed by atoms with E-state index in [-0.39, 0.29) is 24.6 Å². The van der Waals surface area contributed by atoms with Gasteiger partial charge in [-0.1, -0.05) is 25.4 Å². The van der Waals surface area contributed by atoms with Crippen molar-refractivity contribution in [2.75, 3.05) is 13.4 Å². The fraction of sp³-hybridized carbons (Fsp3) is 0.455. The lowest BCUT2D eigenvalue weighted by atomic mass is 9.68. The number of fused-ring (bicyclic) bond motifs is 1. The molecule has 0 spiro atoms. The van der Waals surface area contributed by atoms with Gasteiger partial charge in [-0.05, 0) is 37.3 Å². The molecule has 4 rings (SSSR count). The Balaban J connectivity index is 1.92. The Labute approximate surface area is 174 Å². The molecule has 0 fully saturated rings. The van der Waals surface area contributed by atoms with E-state index < -0.39 is 11.9 Å². The van der Waals surface area contributed by atoms with E-state index in [0.717, 1.165) is 5.70 Å². The molecule has 0 unspecified atom stereocenters. The van der Waals surface area contributed by atoms with E-state index in [9.17, 15) is 9.59 Å². The maximum atomic E-state index is 13.2. The van der Waals surface area contributed by atoms with Crippen molar-refractivity contribution in [1.29, 1.82) is 0 Å². The van der Waals surface area contributed by atoms with Gasteiger partial charge in [0.15, 0.2) is 17.3 Å². The van der Waals surface area contributed by atoms with Crippen LogP contribution < -0.4 is 14.8 Å². The van der Waals surface area contributed by atoms with E-state index in [1.54, 1.807) is 19.1 Å². The van der Waals surface area contributed by atoms with Crippen molar-refractivity contribution in [3.63, 3.8) is 0 Å². The smallest absolute Gasteiger partial charge is 0.336 e. The number of benzene rings is 1. The lowest BCUT2D eigenvalue weighted by Gasteiger charge is -2.39. The molecule has 1 N–H and O–H groups in total. The van der Waals surface area contributed by atoms with E-state index in [4.69, 9.17) is 25.8 Å². The van der Waals surface area contributed by atoms with Gasteiger partial charge < -0.3 is 19.5 Å². The molecule has 6 nitrogen and oxygen atoms in total. The molecule has 0 amide bonds. The third-order valence-corrected chi connectivity index (χ3v) is 5.87. The summed E-state index contributed by atoms with van der Waals surface area (Å²) in [6, 6.07) is 3.45. The second-order valence-corrected chi connectivity index (χ2v) is 8.78. The number of allylic oxidation sites excluding steroid dienone is 3. The summed E-state index contributed by atoms with van der Waals surface area (Å²) in [5.41, 5.74) is 2.98. The number of nitrogens with one attached hydrogen (secondary N) is 1. The third kappa shape index (κ3) is 3.39. The van der Waals surface area contributed by atoms with Crippen molar-refractivity contribution >= 4 is 23.4 Å². The van der Waals surface area contributed by atoms with Crippen LogP contribution in [0.15, 0.2) is 34.7 Å². The summed E-state index contributed by atoms with van der Waals surface area (Å²) >= 11 is 6.61. The topological polar surface area (TPSA) is 73.9 Å². The Morgan fingerprint density at radius 2 is 1.97 bits per heavy atom. The van der Waals surface area contributed by atoms with Gasteiger partial charge in [-0.15, -0.1) is 0 Å². The molecule has 1 aliphatic carbocycles. The van der Waals surface area contributed by atoms with Crippen molar-refractivity contribution in [2.45, 2.75) is 46.5 Å². The minimum absolute atomic E-state index is 0.0109. The molecule has 0 saturated carbocycles. The van der Waals surface area contributed by atoms with Crippen LogP contribution in [0.5, 0.6) is 11.5 Å². The van der Waals surface area contributed by atoms with Gasteiger partial charge in [0.1, 0.15) is 0 Å². The molecular weight excluding hydrogens is 394 g/mol. The van der Waals surface area contributed by atoms with Gasteiger partial charge in [0.2, 0.25) is 6.79 Å². The van der Waals surface area contributed by atoms with E-state index in [1.165, 1.54) is 0 Å². The number of esters is 1. The van der Waals surface area contributed by atoms with Gasteiger partial charge in [0, 0.05) is 40.4 Å². The lowest BCUT2D eigenvalue weighted by Crippen LogP contribution is -2.38. The predicted octanol–water partition coefficient (Wildman–Crippen LogP) is 4.24. The maximum absolute atomic E-state index is 13.2. The van der Waals surface area contributed by atoms with Crippen LogP contribution in [0.3, 0.4) is 0 Å². The van der Waals surface area contributed by atoms with Crippen LogP contribution in [0.2, 0.25) is 5.02 Å². The highest BCUT2D eigenvalue weighted by atomic mass is 35.5. The zero-order valence-electron chi connectivity index (χ0n) is 17.0. The second kappa shape index (κ2) is 7.10. The molecule has 7 heteroatoms. The molecule has 2 heterocycles. The average Bonchev–Trinajstić information content (AvgIpc) is 3.05. The monoisotopic (exact) mass is 417 g/mol. The summed E-state index contributed by atoms with van der Waals surface area (Å²) in [4.78, 5) is 26.1. The quantitative estimate of drug-likeness (QED) is 0.741. The minimum Gasteiger partial charge on any atom is -0.463 e. The first-order valence-corrected chi connectivity index (χ1v) is 10.1. The van der Waals surface area contributed by atoms with Crippen LogP contribution in [0.4, 0.5) is 0 Å². The fourth-order valence-corrected chi connectivity index (χ4v) is 4.64. The van der Waals surface area contributed by atoms with Gasteiger partial charge in [0.25, 0.3) is 0 Å². The highest BCUT2D eigenvalue weighted by Gasteiger charge is 2.44. The molecular formula is C22H24ClNO5. The van der Waals surface area contributed by atoms with Gasteiger partial charge in [-0.25, -0.2) is 4.79 Å². The summed E-state index contributed by atoms with van der Waals surface area (Å²) in [7, 11) is 0. The van der Waals surface area contributed by atoms with E-state index in [2.05, 4.69) is 19.2 Å². The number of carbonyl (C=O) groups excluding carboxylic acids is 2. The fourth-order valence-electron chi connectivity index (χ4n) is 4.38. The van der Waals surface area contributed by atoms with Crippen LogP contribution in [0, 0.1) is 5.41 Å². The molecule has 2 aliphatic heterocycles. The van der Waals surface area contributed by atoms with Crippen molar-refractivity contribution < 1.29 is 23.8 Å². The predicted molar refractivity (Wildman–Crippen MR) is 108 cm³/mol. The van der Waals surface area contributed by atoms with Gasteiger partial charge in [-0.2, -0.15) is 0 Å². The highest BCUT2D eigenvalue weighted by molar-refractivity contribution is 6.32. The number of ketones is 1. The van der Waals surface area contributed by atoms with Gasteiger partial charge >= 0.3 is 5.97 Å². The van der Waals surface area contributed by atoms with Crippen molar-refractivity contribution in [1.82, 2.24) is 5.32 Å². The molecule has 154 valence electrons. The Morgan fingerprint density at radius 1 is 1.28 bits per heavy atom. The highest BCUT2D eigenvalue weighted by Crippen LogP contribution is 2.50. The molecule has 0 radical (unpaired) electrons. The SMILES string of the molecule is CCOC(=O)C1=C(C)NC2=C(C(=O)CC(C)(C)C2)[C@@H]1c1cc2c(cc1Cl)OCO2. The molecule has 3 aliphatic rings. The molecule has 0 aromatic heterocycles. The van der Waals surface area contributed by atoms with Crippen LogP contribution in [-0.2, 0) is 14.3 Å². The van der Waals surface area contributed by atoms with E-state index in [0.29, 0.717) is 51.8 Å². The summed E-state index contributed by atoms with van der Waals surface area (Å²) in [5.74, 6) is 0.0407. The first-order chi connectivity index (χ1) is 13.7. The normalized spacial score (nSPS) is 22.4. The molecule has 1 aromatic carbocycles. The zero-order valence-corrected chi connectivity index (χ0v) is 17.7. The van der Waals surface area contributed by atoms with Gasteiger partial charge in [-0.3, -0.25) is 4.79 Å². The Morgan fingerprint density at radius 3 is 2.66 bits per heavy atom. The van der Waals surface area contributed by atoms with Gasteiger partial charge in [0.05, 0.1) is 12.2 Å². The Hall–Kier alpha value is -2.47. The Bertz CT molecular complexity index is 976. The maximum Gasteiger partial charge on any atom is 0.336 e. The number of dihydropyridines is 1. The van der Waals surface area contributed by atoms with Crippen molar-refractivity contribution in [2.24, 2.45) is 5.41 Å². The number of carbonyl (C=O) groups is 2. The molecule has 1 aromatic rings. The summed E-state index contributed by atoms with van der Waals surface area (Å²) in [5, 5.41) is 3.72. The number of hydrogen-bond acceptors (Lipinski definition) is 6. The zero-order chi connectivity index (χ0) is 20.9. The number of hydrogen-bond donors (Lipinski definition) is 1. The van der Waals surface area contributed by atoms with Crippen molar-refractivity contribution in [3.8, 4) is 11.5 Å². The molecule has 0 bridgehead atoms. The average molecular weight is 418 g/mol. The lowest BCUT2D eigenvalue weighted by molar-refractivity contribution is -0.138. The van der Waals surface area contributed by atoms with Crippen LogP contribution in [-0.4, -0.2) is 25.2 Å².